The number of nitriles is 1. The number of rotatable bonds is 6. The van der Waals surface area contributed by atoms with Gasteiger partial charge in [-0.3, -0.25) is 4.79 Å². The van der Waals surface area contributed by atoms with Gasteiger partial charge < -0.3 is 15.4 Å². The van der Waals surface area contributed by atoms with Gasteiger partial charge in [0.15, 0.2) is 6.61 Å². The molecule has 0 saturated carbocycles. The molecule has 0 saturated heterocycles. The fourth-order valence-corrected chi connectivity index (χ4v) is 1.31. The van der Waals surface area contributed by atoms with Crippen LogP contribution in [0.2, 0.25) is 0 Å². The smallest absolute Gasteiger partial charge is 0.258 e. The first-order valence-corrected chi connectivity index (χ1v) is 5.27. The summed E-state index contributed by atoms with van der Waals surface area (Å²) in [5, 5.41) is 13.7. The van der Waals surface area contributed by atoms with Crippen LogP contribution in [0.15, 0.2) is 24.3 Å². The lowest BCUT2D eigenvalue weighted by Crippen LogP contribution is -2.29. The van der Waals surface area contributed by atoms with Crippen molar-refractivity contribution in [1.29, 1.82) is 5.26 Å². The largest absolute Gasteiger partial charge is 0.483 e. The summed E-state index contributed by atoms with van der Waals surface area (Å²) in [4.78, 5) is 11.2. The molecule has 5 nitrogen and oxygen atoms in total. The molecule has 5 heteroatoms. The zero-order valence-electron chi connectivity index (χ0n) is 9.69. The van der Waals surface area contributed by atoms with Crippen molar-refractivity contribution in [3.8, 4) is 11.8 Å². The molecule has 2 N–H and O–H groups in total. The molecule has 90 valence electrons. The molecule has 0 unspecified atom stereocenters. The first-order chi connectivity index (χ1) is 8.27. The van der Waals surface area contributed by atoms with E-state index < -0.39 is 0 Å². The number of benzene rings is 1. The van der Waals surface area contributed by atoms with Crippen molar-refractivity contribution in [3.63, 3.8) is 0 Å². The third kappa shape index (κ3) is 4.53. The Labute approximate surface area is 100 Å². The standard InChI is InChI=1S/C12H15N3O2/c1-14-8-10-4-2-3-5-11(10)17-9-12(16)15-7-6-13/h2-5,14H,7-9H2,1H3,(H,15,16). The maximum absolute atomic E-state index is 11.2. The Balaban J connectivity index is 2.51. The minimum absolute atomic E-state index is 0.000353. The van der Waals surface area contributed by atoms with Gasteiger partial charge in [0.2, 0.25) is 0 Å². The molecule has 1 amide bonds. The van der Waals surface area contributed by atoms with Crippen molar-refractivity contribution < 1.29 is 9.53 Å². The lowest BCUT2D eigenvalue weighted by Gasteiger charge is -2.10. The van der Waals surface area contributed by atoms with Gasteiger partial charge in [0.25, 0.3) is 5.91 Å². The summed E-state index contributed by atoms with van der Waals surface area (Å²) in [6.45, 7) is 0.596. The Bertz CT molecular complexity index is 412. The predicted molar refractivity (Wildman–Crippen MR) is 63.3 cm³/mol. The third-order valence-corrected chi connectivity index (χ3v) is 2.06. The molecule has 17 heavy (non-hydrogen) atoms. The number of nitrogens with one attached hydrogen (secondary N) is 2. The normalized spacial score (nSPS) is 9.41. The average Bonchev–Trinajstić information content (AvgIpc) is 2.35. The molecule has 1 aromatic rings. The highest BCUT2D eigenvalue weighted by molar-refractivity contribution is 5.77. The number of carbonyl (C=O) groups is 1. The summed E-state index contributed by atoms with van der Waals surface area (Å²) >= 11 is 0. The fraction of sp³-hybridized carbons (Fsp3) is 0.333. The van der Waals surface area contributed by atoms with Crippen molar-refractivity contribution in [2.45, 2.75) is 6.54 Å². The van der Waals surface area contributed by atoms with Crippen molar-refractivity contribution >= 4 is 5.91 Å². The van der Waals surface area contributed by atoms with Crippen LogP contribution in [0.25, 0.3) is 0 Å². The summed E-state index contributed by atoms with van der Waals surface area (Å²) in [6, 6.07) is 9.33. The number of hydrogen-bond acceptors (Lipinski definition) is 4. The highest BCUT2D eigenvalue weighted by atomic mass is 16.5. The molecule has 0 bridgehead atoms. The summed E-state index contributed by atoms with van der Waals surface area (Å²) in [6.07, 6.45) is 0. The maximum atomic E-state index is 11.2. The topological polar surface area (TPSA) is 74.2 Å². The number of ether oxygens (including phenoxy) is 1. The fourth-order valence-electron chi connectivity index (χ4n) is 1.31. The molecule has 0 spiro atoms. The van der Waals surface area contributed by atoms with Crippen LogP contribution in [0.1, 0.15) is 5.56 Å². The van der Waals surface area contributed by atoms with Crippen LogP contribution in [-0.4, -0.2) is 26.1 Å². The van der Waals surface area contributed by atoms with Gasteiger partial charge in [-0.2, -0.15) is 5.26 Å². The second-order valence-corrected chi connectivity index (χ2v) is 3.36. The minimum Gasteiger partial charge on any atom is -0.483 e. The van der Waals surface area contributed by atoms with Gasteiger partial charge in [0.1, 0.15) is 12.3 Å². The summed E-state index contributed by atoms with van der Waals surface area (Å²) in [7, 11) is 1.84. The van der Waals surface area contributed by atoms with E-state index in [1.165, 1.54) is 0 Å². The molecule has 0 atom stereocenters. The molecule has 0 heterocycles. The highest BCUT2D eigenvalue weighted by Gasteiger charge is 2.05. The van der Waals surface area contributed by atoms with Crippen LogP contribution in [0.4, 0.5) is 0 Å². The Morgan fingerprint density at radius 1 is 1.47 bits per heavy atom. The summed E-state index contributed by atoms with van der Waals surface area (Å²) in [5.74, 6) is 0.375. The van der Waals surface area contributed by atoms with E-state index >= 15 is 0 Å². The first kappa shape index (κ1) is 13.0. The van der Waals surface area contributed by atoms with Crippen LogP contribution in [0.3, 0.4) is 0 Å². The second-order valence-electron chi connectivity index (χ2n) is 3.36. The number of nitrogens with zero attached hydrogens (tertiary/aromatic N) is 1. The summed E-state index contributed by atoms with van der Waals surface area (Å²) < 4.78 is 5.39. The molecular weight excluding hydrogens is 218 g/mol. The van der Waals surface area contributed by atoms with Crippen LogP contribution in [0.5, 0.6) is 5.75 Å². The van der Waals surface area contributed by atoms with E-state index in [1.807, 2.05) is 37.4 Å². The Morgan fingerprint density at radius 3 is 2.94 bits per heavy atom. The lowest BCUT2D eigenvalue weighted by molar-refractivity contribution is -0.122. The molecule has 1 aromatic carbocycles. The maximum Gasteiger partial charge on any atom is 0.258 e. The molecule has 0 aliphatic rings. The van der Waals surface area contributed by atoms with Crippen molar-refractivity contribution in [2.75, 3.05) is 20.2 Å². The lowest BCUT2D eigenvalue weighted by atomic mass is 10.2. The van der Waals surface area contributed by atoms with E-state index in [0.29, 0.717) is 12.3 Å². The third-order valence-electron chi connectivity index (χ3n) is 2.06. The van der Waals surface area contributed by atoms with Crippen LogP contribution in [-0.2, 0) is 11.3 Å². The van der Waals surface area contributed by atoms with Gasteiger partial charge in [-0.1, -0.05) is 18.2 Å². The number of amides is 1. The zero-order chi connectivity index (χ0) is 12.5. The SMILES string of the molecule is CNCc1ccccc1OCC(=O)NCC#N. The van der Waals surface area contributed by atoms with Crippen LogP contribution in [0, 0.1) is 11.3 Å². The number of hydrogen-bond donors (Lipinski definition) is 2. The van der Waals surface area contributed by atoms with E-state index in [4.69, 9.17) is 10.00 Å². The minimum atomic E-state index is -0.300. The van der Waals surface area contributed by atoms with Crippen LogP contribution >= 0.6 is 0 Å². The second kappa shape index (κ2) is 7.25. The Hall–Kier alpha value is -2.06. The Kier molecular flexibility index (Phi) is 5.55. The van der Waals surface area contributed by atoms with Gasteiger partial charge in [-0.05, 0) is 13.1 Å². The van der Waals surface area contributed by atoms with E-state index in [-0.39, 0.29) is 19.1 Å². The van der Waals surface area contributed by atoms with E-state index in [1.54, 1.807) is 0 Å². The van der Waals surface area contributed by atoms with E-state index in [0.717, 1.165) is 5.56 Å². The predicted octanol–water partition coefficient (Wildman–Crippen LogP) is 0.425. The molecule has 1 rings (SSSR count). The monoisotopic (exact) mass is 233 g/mol. The van der Waals surface area contributed by atoms with E-state index in [2.05, 4.69) is 10.6 Å². The zero-order valence-corrected chi connectivity index (χ0v) is 9.69. The van der Waals surface area contributed by atoms with Gasteiger partial charge >= 0.3 is 0 Å². The van der Waals surface area contributed by atoms with Gasteiger partial charge in [0, 0.05) is 12.1 Å². The molecule has 0 aliphatic carbocycles. The number of para-hydroxylation sites is 1. The van der Waals surface area contributed by atoms with Crippen LogP contribution < -0.4 is 15.4 Å². The van der Waals surface area contributed by atoms with Gasteiger partial charge in [-0.25, -0.2) is 0 Å². The number of carbonyl (C=O) groups excluding carboxylic acids is 1. The van der Waals surface area contributed by atoms with Gasteiger partial charge in [-0.15, -0.1) is 0 Å². The summed E-state index contributed by atoms with van der Waals surface area (Å²) in [5.41, 5.74) is 0.989. The molecular formula is C12H15N3O2. The first-order valence-electron chi connectivity index (χ1n) is 5.27. The highest BCUT2D eigenvalue weighted by Crippen LogP contribution is 2.17. The van der Waals surface area contributed by atoms with E-state index in [9.17, 15) is 4.79 Å². The molecule has 0 aliphatic heterocycles. The quantitative estimate of drug-likeness (QED) is 0.698. The van der Waals surface area contributed by atoms with Gasteiger partial charge in [0.05, 0.1) is 6.07 Å². The molecule has 0 aromatic heterocycles. The van der Waals surface area contributed by atoms with Crippen molar-refractivity contribution in [1.82, 2.24) is 10.6 Å². The van der Waals surface area contributed by atoms with Crippen molar-refractivity contribution in [2.24, 2.45) is 0 Å². The molecule has 0 fully saturated rings. The average molecular weight is 233 g/mol. The Morgan fingerprint density at radius 2 is 2.24 bits per heavy atom. The van der Waals surface area contributed by atoms with Crippen molar-refractivity contribution in [3.05, 3.63) is 29.8 Å². The molecule has 0 radical (unpaired) electrons.